The van der Waals surface area contributed by atoms with Crippen molar-refractivity contribution in [2.45, 2.75) is 115 Å². The van der Waals surface area contributed by atoms with Gasteiger partial charge in [-0.2, -0.15) is 0 Å². The van der Waals surface area contributed by atoms with E-state index in [1.54, 1.807) is 12.1 Å². The Morgan fingerprint density at radius 1 is 0.727 bits per heavy atom. The molecule has 0 radical (unpaired) electrons. The summed E-state index contributed by atoms with van der Waals surface area (Å²) < 4.78 is 0. The number of phenolic OH excluding ortho intramolecular Hbond substituents is 1. The van der Waals surface area contributed by atoms with Crippen LogP contribution in [-0.4, -0.2) is 119 Å². The summed E-state index contributed by atoms with van der Waals surface area (Å²) in [5, 5.41) is 23.3. The van der Waals surface area contributed by atoms with E-state index in [4.69, 9.17) is 22.9 Å². The van der Waals surface area contributed by atoms with Gasteiger partial charge in [-0.05, 0) is 153 Å². The quantitative estimate of drug-likeness (QED) is 0.0246. The minimum atomic E-state index is -1.19. The first-order chi connectivity index (χ1) is 37.0. The number of aryl methyl sites for hydroxylation is 2. The lowest BCUT2D eigenvalue weighted by Crippen LogP contribution is -2.57. The number of benzene rings is 5. The second-order valence-corrected chi connectivity index (χ2v) is 20.7. The molecule has 1 fully saturated rings. The van der Waals surface area contributed by atoms with Crippen molar-refractivity contribution in [3.8, 4) is 5.75 Å². The fourth-order valence-corrected chi connectivity index (χ4v) is 10.6. The number of nitrogens with one attached hydrogen (secondary N) is 4. The summed E-state index contributed by atoms with van der Waals surface area (Å²) in [4.78, 5) is 92.5. The van der Waals surface area contributed by atoms with E-state index in [0.717, 1.165) is 76.5 Å². The average molecular weight is 1050 g/mol. The van der Waals surface area contributed by atoms with Crippen molar-refractivity contribution >= 4 is 52.2 Å². The molecule has 77 heavy (non-hydrogen) atoms. The molecule has 13 N–H and O–H groups in total. The molecule has 2 aliphatic heterocycles. The first-order valence-electron chi connectivity index (χ1n) is 26.7. The van der Waals surface area contributed by atoms with Gasteiger partial charge in [-0.25, -0.2) is 0 Å². The molecule has 0 spiro atoms. The Hall–Kier alpha value is -7.83. The van der Waals surface area contributed by atoms with Gasteiger partial charge in [-0.1, -0.05) is 97.1 Å². The number of carbonyl (C=O) groups excluding carboxylic acids is 6. The summed E-state index contributed by atoms with van der Waals surface area (Å²) in [5.74, 6) is -3.20. The van der Waals surface area contributed by atoms with Crippen LogP contribution in [-0.2, 0) is 61.0 Å². The number of aliphatic imine (C=N–C) groups is 1. The summed E-state index contributed by atoms with van der Waals surface area (Å²) in [6.45, 7) is 5.84. The molecule has 18 heteroatoms. The van der Waals surface area contributed by atoms with Crippen LogP contribution >= 0.6 is 0 Å². The maximum Gasteiger partial charge on any atom is 0.246 e. The number of fused-ring (bicyclic) bond motifs is 3. The molecule has 408 valence electrons. The van der Waals surface area contributed by atoms with Crippen molar-refractivity contribution in [3.05, 3.63) is 148 Å². The van der Waals surface area contributed by atoms with Gasteiger partial charge in [0.15, 0.2) is 5.96 Å². The monoisotopic (exact) mass is 1050 g/mol. The predicted octanol–water partition coefficient (Wildman–Crippen LogP) is 3.07. The molecule has 5 aromatic carbocycles. The Morgan fingerprint density at radius 2 is 1.35 bits per heavy atom. The van der Waals surface area contributed by atoms with Gasteiger partial charge in [0.1, 0.15) is 29.9 Å². The van der Waals surface area contributed by atoms with Crippen LogP contribution in [0.4, 0.5) is 0 Å². The molecule has 5 atom stereocenters. The number of phenols is 1. The van der Waals surface area contributed by atoms with E-state index in [2.05, 4.69) is 55.4 Å². The summed E-state index contributed by atoms with van der Waals surface area (Å²) >= 11 is 0. The van der Waals surface area contributed by atoms with E-state index in [-0.39, 0.29) is 63.3 Å². The number of nitrogens with two attached hydrogens (primary N) is 4. The van der Waals surface area contributed by atoms with Crippen LogP contribution in [0.1, 0.15) is 77.5 Å². The third-order valence-corrected chi connectivity index (χ3v) is 14.8. The largest absolute Gasteiger partial charge is 0.508 e. The van der Waals surface area contributed by atoms with E-state index in [0.29, 0.717) is 18.9 Å². The summed E-state index contributed by atoms with van der Waals surface area (Å²) in [5.41, 5.74) is 29.5. The van der Waals surface area contributed by atoms with Crippen molar-refractivity contribution in [2.24, 2.45) is 33.8 Å². The normalized spacial score (nSPS) is 16.5. The molecule has 1 saturated heterocycles. The minimum absolute atomic E-state index is 0.0142. The number of piperidine rings is 1. The van der Waals surface area contributed by atoms with Gasteiger partial charge in [0.2, 0.25) is 35.4 Å². The number of hydrogen-bond acceptors (Lipinski definition) is 10. The molecule has 0 saturated carbocycles. The zero-order valence-corrected chi connectivity index (χ0v) is 44.2. The van der Waals surface area contributed by atoms with Crippen molar-refractivity contribution in [1.82, 2.24) is 31.1 Å². The highest BCUT2D eigenvalue weighted by atomic mass is 16.3. The molecule has 0 aromatic heterocycles. The Kier molecular flexibility index (Phi) is 20.2. The molecule has 2 aliphatic rings. The van der Waals surface area contributed by atoms with Gasteiger partial charge in [-0.3, -0.25) is 33.8 Å². The van der Waals surface area contributed by atoms with Crippen LogP contribution in [0.3, 0.4) is 0 Å². The number of aromatic hydroxyl groups is 1. The number of rotatable bonds is 24. The third-order valence-electron chi connectivity index (χ3n) is 14.8. The molecule has 0 bridgehead atoms. The standard InChI is InChI=1S/C59H75N11O7/c1-37-29-44(71)30-38(2)46(37)33-48(60)55(74)66-50(19-11-25-64-59(62)63)57(76)68-52-34-47-43(22-21-42-17-9-10-18-45(42)47)35-70(58(52)77)36-53(72)65-49(56(75)67-51(54(61)73)32-40-15-7-4-8-16-40)20-12-26-69-27-23-41(24-28-69)31-39-13-5-3-6-14-39/h3-10,13-18,21-22,29-30,41,48-52,71H,11-12,19-20,23-28,31-36,60H2,1-2H3,(H2,61,73)(H,65,72)(H,66,74)(H,67,75)(H,68,76)(H4,62,63,64)/t48-,49-,50+,51-,52-/m0/s1. The second-order valence-electron chi connectivity index (χ2n) is 20.7. The lowest BCUT2D eigenvalue weighted by molar-refractivity contribution is -0.141. The number of primary amides is 1. The van der Waals surface area contributed by atoms with Crippen molar-refractivity contribution in [3.63, 3.8) is 0 Å². The smallest absolute Gasteiger partial charge is 0.246 e. The number of carbonyl (C=O) groups is 6. The van der Waals surface area contributed by atoms with E-state index in [1.165, 1.54) is 10.5 Å². The number of nitrogens with zero attached hydrogens (tertiary/aromatic N) is 3. The van der Waals surface area contributed by atoms with Crippen molar-refractivity contribution in [1.29, 1.82) is 0 Å². The number of hydrogen-bond donors (Lipinski definition) is 9. The maximum atomic E-state index is 14.9. The fraction of sp³-hybridized carbons (Fsp3) is 0.407. The Morgan fingerprint density at radius 3 is 2.03 bits per heavy atom. The van der Waals surface area contributed by atoms with E-state index in [9.17, 15) is 33.9 Å². The van der Waals surface area contributed by atoms with Gasteiger partial charge >= 0.3 is 0 Å². The zero-order valence-electron chi connectivity index (χ0n) is 44.2. The fourth-order valence-electron chi connectivity index (χ4n) is 10.6. The van der Waals surface area contributed by atoms with Gasteiger partial charge in [0.05, 0.1) is 12.6 Å². The van der Waals surface area contributed by atoms with Crippen molar-refractivity contribution < 1.29 is 33.9 Å². The van der Waals surface area contributed by atoms with Gasteiger partial charge in [0, 0.05) is 25.9 Å². The molecule has 7 rings (SSSR count). The van der Waals surface area contributed by atoms with Crippen LogP contribution in [0.25, 0.3) is 10.8 Å². The molecule has 6 amide bonds. The average Bonchev–Trinajstić information content (AvgIpc) is 3.56. The molecular formula is C59H75N11O7. The van der Waals surface area contributed by atoms with Crippen LogP contribution < -0.4 is 44.2 Å². The summed E-state index contributed by atoms with van der Waals surface area (Å²) in [6.07, 6.45) is 4.64. The third kappa shape index (κ3) is 16.3. The molecule has 18 nitrogen and oxygen atoms in total. The van der Waals surface area contributed by atoms with E-state index in [1.807, 2.05) is 86.6 Å². The highest BCUT2D eigenvalue weighted by molar-refractivity contribution is 5.97. The molecular weight excluding hydrogens is 975 g/mol. The minimum Gasteiger partial charge on any atom is -0.508 e. The zero-order chi connectivity index (χ0) is 55.0. The van der Waals surface area contributed by atoms with Gasteiger partial charge in [0.25, 0.3) is 0 Å². The van der Waals surface area contributed by atoms with Crippen molar-refractivity contribution in [2.75, 3.05) is 32.7 Å². The lowest BCUT2D eigenvalue weighted by atomic mass is 9.90. The molecule has 0 unspecified atom stereocenters. The number of likely N-dealkylation sites (tertiary alicyclic amines) is 1. The topological polar surface area (TPSA) is 294 Å². The lowest BCUT2D eigenvalue weighted by Gasteiger charge is -2.32. The first kappa shape index (κ1) is 56.9. The summed E-state index contributed by atoms with van der Waals surface area (Å²) in [6, 6.07) is 28.8. The highest BCUT2D eigenvalue weighted by Crippen LogP contribution is 2.29. The molecule has 0 aliphatic carbocycles. The highest BCUT2D eigenvalue weighted by Gasteiger charge is 2.36. The van der Waals surface area contributed by atoms with E-state index >= 15 is 0 Å². The summed E-state index contributed by atoms with van der Waals surface area (Å²) in [7, 11) is 0. The number of guanidine groups is 1. The van der Waals surface area contributed by atoms with Gasteiger partial charge in [-0.15, -0.1) is 0 Å². The van der Waals surface area contributed by atoms with Crippen LogP contribution in [0.15, 0.2) is 114 Å². The Bertz CT molecular complexity index is 2870. The SMILES string of the molecule is Cc1cc(O)cc(C)c1C[C@H](N)C(=O)N[C@H](CCCN=C(N)N)C(=O)N[C@H]1Cc2c(ccc3ccccc23)CN(CC(=O)N[C@@H](CCCN2CCC(Cc3ccccc3)CC2)C(=O)N[C@@H](Cc2ccccc2)C(N)=O)C1=O. The Balaban J connectivity index is 1.09. The van der Waals surface area contributed by atoms with Gasteiger partial charge < -0.3 is 59.1 Å². The van der Waals surface area contributed by atoms with Crippen LogP contribution in [0.5, 0.6) is 5.75 Å². The maximum absolute atomic E-state index is 14.9. The van der Waals surface area contributed by atoms with E-state index < -0.39 is 72.2 Å². The first-order valence-corrected chi connectivity index (χ1v) is 26.7. The molecule has 5 aromatic rings. The second kappa shape index (κ2) is 27.3. The van der Waals surface area contributed by atoms with Crippen LogP contribution in [0, 0.1) is 19.8 Å². The molecule has 2 heterocycles. The van der Waals surface area contributed by atoms with Crippen LogP contribution in [0.2, 0.25) is 0 Å². The number of amides is 6. The Labute approximate surface area is 450 Å². The predicted molar refractivity (Wildman–Crippen MR) is 298 cm³/mol.